The maximum Gasteiger partial charge on any atom is 0.272 e. The lowest BCUT2D eigenvalue weighted by molar-refractivity contribution is 0.0818. The molecule has 0 amide bonds. The predicted molar refractivity (Wildman–Crippen MR) is 58.8 cm³/mol. The second kappa shape index (κ2) is 4.97. The number of sulfonamides is 1. The third kappa shape index (κ3) is 3.64. The van der Waals surface area contributed by atoms with Crippen LogP contribution in [0.4, 0.5) is 8.78 Å². The molecule has 1 aromatic carbocycles. The van der Waals surface area contributed by atoms with E-state index in [-0.39, 0.29) is 10.6 Å². The standard InChI is InChI=1S/C10H13F2NO3S/c1-6-3-8(16-5-9(11)12)4-7(2)10(6)17(13,14)15/h3-4,9H,5H2,1-2H3,(H2,13,14,15). The molecule has 7 heteroatoms. The van der Waals surface area contributed by atoms with Crippen molar-refractivity contribution in [3.05, 3.63) is 23.3 Å². The first kappa shape index (κ1) is 13.9. The Balaban J connectivity index is 3.10. The van der Waals surface area contributed by atoms with Crippen molar-refractivity contribution >= 4 is 10.0 Å². The van der Waals surface area contributed by atoms with Crippen LogP contribution in [-0.2, 0) is 10.0 Å². The lowest BCUT2D eigenvalue weighted by atomic mass is 10.1. The van der Waals surface area contributed by atoms with E-state index in [9.17, 15) is 17.2 Å². The minimum atomic E-state index is -3.82. The topological polar surface area (TPSA) is 69.4 Å². The summed E-state index contributed by atoms with van der Waals surface area (Å²) in [7, 11) is -3.82. The normalized spacial score (nSPS) is 11.9. The summed E-state index contributed by atoms with van der Waals surface area (Å²) in [5.74, 6) is 0.202. The highest BCUT2D eigenvalue weighted by molar-refractivity contribution is 7.89. The average Bonchev–Trinajstić information content (AvgIpc) is 2.11. The van der Waals surface area contributed by atoms with Crippen LogP contribution >= 0.6 is 0 Å². The maximum atomic E-state index is 11.9. The monoisotopic (exact) mass is 265 g/mol. The van der Waals surface area contributed by atoms with Gasteiger partial charge in [-0.1, -0.05) is 0 Å². The van der Waals surface area contributed by atoms with E-state index in [4.69, 9.17) is 9.88 Å². The summed E-state index contributed by atoms with van der Waals surface area (Å²) in [5, 5.41) is 5.04. The summed E-state index contributed by atoms with van der Waals surface area (Å²) in [5.41, 5.74) is 0.744. The molecule has 0 unspecified atom stereocenters. The van der Waals surface area contributed by atoms with Crippen LogP contribution in [0.1, 0.15) is 11.1 Å². The fourth-order valence-corrected chi connectivity index (χ4v) is 2.62. The highest BCUT2D eigenvalue weighted by Gasteiger charge is 2.16. The van der Waals surface area contributed by atoms with Gasteiger partial charge in [0.05, 0.1) is 4.90 Å². The Bertz CT molecular complexity index is 491. The van der Waals surface area contributed by atoms with Gasteiger partial charge in [0.1, 0.15) is 12.4 Å². The largest absolute Gasteiger partial charge is 0.488 e. The smallest absolute Gasteiger partial charge is 0.272 e. The molecule has 0 heterocycles. The molecule has 0 saturated heterocycles. The number of ether oxygens (including phenoxy) is 1. The summed E-state index contributed by atoms with van der Waals surface area (Å²) >= 11 is 0. The summed E-state index contributed by atoms with van der Waals surface area (Å²) in [4.78, 5) is 0.00176. The van der Waals surface area contributed by atoms with E-state index in [0.717, 1.165) is 0 Å². The molecule has 1 aromatic rings. The van der Waals surface area contributed by atoms with Crippen LogP contribution in [0.2, 0.25) is 0 Å². The number of halogens is 2. The zero-order valence-corrected chi connectivity index (χ0v) is 10.2. The molecule has 0 fully saturated rings. The van der Waals surface area contributed by atoms with Crippen LogP contribution < -0.4 is 9.88 Å². The molecule has 2 N–H and O–H groups in total. The van der Waals surface area contributed by atoms with E-state index in [2.05, 4.69) is 0 Å². The van der Waals surface area contributed by atoms with Crippen LogP contribution in [0.5, 0.6) is 5.75 Å². The molecule has 17 heavy (non-hydrogen) atoms. The van der Waals surface area contributed by atoms with Crippen LogP contribution in [0.25, 0.3) is 0 Å². The Hall–Kier alpha value is -1.21. The molecule has 0 atom stereocenters. The van der Waals surface area contributed by atoms with Crippen molar-refractivity contribution in [3.63, 3.8) is 0 Å². The van der Waals surface area contributed by atoms with Crippen molar-refractivity contribution in [1.82, 2.24) is 0 Å². The quantitative estimate of drug-likeness (QED) is 0.898. The number of benzene rings is 1. The number of primary sulfonamides is 1. The molecule has 0 radical (unpaired) electrons. The second-order valence-corrected chi connectivity index (χ2v) is 5.13. The van der Waals surface area contributed by atoms with Gasteiger partial charge in [-0.25, -0.2) is 22.3 Å². The van der Waals surface area contributed by atoms with E-state index in [0.29, 0.717) is 11.1 Å². The maximum absolute atomic E-state index is 11.9. The second-order valence-electron chi connectivity index (χ2n) is 3.63. The van der Waals surface area contributed by atoms with Crippen molar-refractivity contribution < 1.29 is 21.9 Å². The van der Waals surface area contributed by atoms with E-state index >= 15 is 0 Å². The molecule has 0 bridgehead atoms. The van der Waals surface area contributed by atoms with E-state index < -0.39 is 23.1 Å². The van der Waals surface area contributed by atoms with Crippen molar-refractivity contribution in [2.24, 2.45) is 5.14 Å². The highest BCUT2D eigenvalue weighted by atomic mass is 32.2. The van der Waals surface area contributed by atoms with Crippen molar-refractivity contribution in [2.75, 3.05) is 6.61 Å². The molecular formula is C10H13F2NO3S. The minimum absolute atomic E-state index is 0.00176. The van der Waals surface area contributed by atoms with E-state index in [1.165, 1.54) is 26.0 Å². The fourth-order valence-electron chi connectivity index (χ4n) is 1.60. The minimum Gasteiger partial charge on any atom is -0.488 e. The molecule has 1 rings (SSSR count). The van der Waals surface area contributed by atoms with Gasteiger partial charge in [0.15, 0.2) is 0 Å². The Labute approximate surface area is 98.4 Å². The molecule has 4 nitrogen and oxygen atoms in total. The number of alkyl halides is 2. The molecule has 96 valence electrons. The van der Waals surface area contributed by atoms with Crippen molar-refractivity contribution in [3.8, 4) is 5.75 Å². The van der Waals surface area contributed by atoms with Crippen LogP contribution in [0.15, 0.2) is 17.0 Å². The molecular weight excluding hydrogens is 252 g/mol. The summed E-state index contributed by atoms with van der Waals surface area (Å²) < 4.78 is 51.2. The van der Waals surface area contributed by atoms with Crippen LogP contribution in [0.3, 0.4) is 0 Å². The van der Waals surface area contributed by atoms with Gasteiger partial charge >= 0.3 is 0 Å². The summed E-state index contributed by atoms with van der Waals surface area (Å²) in [6.45, 7) is 2.33. The van der Waals surface area contributed by atoms with Crippen LogP contribution in [0, 0.1) is 13.8 Å². The molecule has 0 aliphatic rings. The third-order valence-corrected chi connectivity index (χ3v) is 3.31. The SMILES string of the molecule is Cc1cc(OCC(F)F)cc(C)c1S(N)(=O)=O. The van der Waals surface area contributed by atoms with Crippen molar-refractivity contribution in [1.29, 1.82) is 0 Å². The Kier molecular flexibility index (Phi) is 4.05. The Morgan fingerprint density at radius 2 is 1.76 bits per heavy atom. The molecule has 0 saturated carbocycles. The van der Waals surface area contributed by atoms with Crippen LogP contribution in [-0.4, -0.2) is 21.5 Å². The zero-order chi connectivity index (χ0) is 13.2. The number of nitrogens with two attached hydrogens (primary N) is 1. The lowest BCUT2D eigenvalue weighted by Crippen LogP contribution is -2.15. The molecule has 0 spiro atoms. The third-order valence-electron chi connectivity index (χ3n) is 2.09. The van der Waals surface area contributed by atoms with Gasteiger partial charge in [0.2, 0.25) is 10.0 Å². The van der Waals surface area contributed by atoms with Gasteiger partial charge in [-0.3, -0.25) is 0 Å². The van der Waals surface area contributed by atoms with Gasteiger partial charge in [-0.15, -0.1) is 0 Å². The number of rotatable bonds is 4. The van der Waals surface area contributed by atoms with Gasteiger partial charge in [0, 0.05) is 0 Å². The summed E-state index contributed by atoms with van der Waals surface area (Å²) in [6.07, 6.45) is -2.58. The van der Waals surface area contributed by atoms with E-state index in [1.54, 1.807) is 0 Å². The first-order valence-corrected chi connectivity index (χ1v) is 6.31. The van der Waals surface area contributed by atoms with Gasteiger partial charge in [-0.05, 0) is 37.1 Å². The average molecular weight is 265 g/mol. The Morgan fingerprint density at radius 3 is 2.12 bits per heavy atom. The molecule has 0 aliphatic carbocycles. The molecule has 0 aliphatic heterocycles. The van der Waals surface area contributed by atoms with Crippen molar-refractivity contribution in [2.45, 2.75) is 25.2 Å². The Morgan fingerprint density at radius 1 is 1.29 bits per heavy atom. The predicted octanol–water partition coefficient (Wildman–Crippen LogP) is 1.59. The van der Waals surface area contributed by atoms with Gasteiger partial charge < -0.3 is 4.74 Å². The fraction of sp³-hybridized carbons (Fsp3) is 0.400. The van der Waals surface area contributed by atoms with Gasteiger partial charge in [-0.2, -0.15) is 0 Å². The summed E-state index contributed by atoms with van der Waals surface area (Å²) in [6, 6.07) is 2.74. The lowest BCUT2D eigenvalue weighted by Gasteiger charge is -2.11. The van der Waals surface area contributed by atoms with E-state index in [1.807, 2.05) is 0 Å². The highest BCUT2D eigenvalue weighted by Crippen LogP contribution is 2.25. The number of hydrogen-bond donors (Lipinski definition) is 1. The van der Waals surface area contributed by atoms with Gasteiger partial charge in [0.25, 0.3) is 6.43 Å². The zero-order valence-electron chi connectivity index (χ0n) is 9.41. The first-order valence-electron chi connectivity index (χ1n) is 4.77. The number of hydrogen-bond acceptors (Lipinski definition) is 3. The number of aryl methyl sites for hydroxylation is 2. The molecule has 0 aromatic heterocycles. The first-order chi connectivity index (χ1) is 7.71.